The first-order chi connectivity index (χ1) is 23.8. The first-order valence-corrected chi connectivity index (χ1v) is 19.8. The summed E-state index contributed by atoms with van der Waals surface area (Å²) in [6, 6.07) is 14.2. The molecule has 0 aliphatic heterocycles. The summed E-state index contributed by atoms with van der Waals surface area (Å²) in [7, 11) is 0. The molecule has 1 N–H and O–H groups in total. The van der Waals surface area contributed by atoms with E-state index in [1.54, 1.807) is 0 Å². The molecule has 6 nitrogen and oxygen atoms in total. The van der Waals surface area contributed by atoms with Crippen LogP contribution < -0.4 is 4.74 Å². The molecule has 0 saturated heterocycles. The number of rotatable bonds is 24. The van der Waals surface area contributed by atoms with Crippen LogP contribution >= 0.6 is 11.6 Å². The van der Waals surface area contributed by atoms with E-state index in [-0.39, 0.29) is 12.0 Å². The highest BCUT2D eigenvalue weighted by atomic mass is 35.5. The van der Waals surface area contributed by atoms with Crippen LogP contribution in [-0.2, 0) is 31.0 Å². The topological polar surface area (TPSA) is 66.4 Å². The quantitative estimate of drug-likeness (QED) is 0.110. The Morgan fingerprint density at radius 3 is 1.84 bits per heavy atom. The van der Waals surface area contributed by atoms with Crippen molar-refractivity contribution in [3.8, 4) is 5.75 Å². The molecule has 0 aromatic heterocycles. The lowest BCUT2D eigenvalue weighted by Crippen LogP contribution is -2.71. The van der Waals surface area contributed by atoms with Crippen LogP contribution in [0.15, 0.2) is 42.5 Å². The van der Waals surface area contributed by atoms with E-state index in [0.29, 0.717) is 51.1 Å². The molecule has 0 unspecified atom stereocenters. The van der Waals surface area contributed by atoms with Gasteiger partial charge in [-0.25, -0.2) is 0 Å². The van der Waals surface area contributed by atoms with E-state index in [1.807, 2.05) is 31.2 Å². The van der Waals surface area contributed by atoms with E-state index >= 15 is 0 Å². The SMILES string of the molecule is CCCCOC[C@@H]1[C@@H](OCCCC)[C@H](OCCCC)[C@@H](OCCCC)[C@](O)(c2ccc(Cl)c(Cc3ccc(OCC)cc3)c2)C1(CC)CC. The Bertz CT molecular complexity index is 1180. The van der Waals surface area contributed by atoms with Gasteiger partial charge in [0.2, 0.25) is 0 Å². The number of halogens is 1. The average molecular weight is 703 g/mol. The third kappa shape index (κ3) is 10.2. The molecule has 0 bridgehead atoms. The lowest BCUT2D eigenvalue weighted by atomic mass is 9.50. The number of benzene rings is 2. The lowest BCUT2D eigenvalue weighted by Gasteiger charge is -2.62. The summed E-state index contributed by atoms with van der Waals surface area (Å²) in [4.78, 5) is 0. The number of aliphatic hydroxyl groups is 1. The van der Waals surface area contributed by atoms with Gasteiger partial charge in [-0.3, -0.25) is 0 Å². The lowest BCUT2D eigenvalue weighted by molar-refractivity contribution is -0.313. The average Bonchev–Trinajstić information content (AvgIpc) is 3.11. The summed E-state index contributed by atoms with van der Waals surface area (Å²) in [6.45, 7) is 18.7. The second-order valence-corrected chi connectivity index (χ2v) is 14.2. The first kappa shape index (κ1) is 41.7. The Morgan fingerprint density at radius 2 is 1.27 bits per heavy atom. The van der Waals surface area contributed by atoms with Gasteiger partial charge in [0, 0.05) is 42.8 Å². The van der Waals surface area contributed by atoms with E-state index in [0.717, 1.165) is 86.6 Å². The second kappa shape index (κ2) is 21.6. The fourth-order valence-corrected chi connectivity index (χ4v) is 7.91. The summed E-state index contributed by atoms with van der Waals surface area (Å²) >= 11 is 6.92. The summed E-state index contributed by atoms with van der Waals surface area (Å²) in [5, 5.41) is 14.5. The van der Waals surface area contributed by atoms with Crippen molar-refractivity contribution in [2.24, 2.45) is 11.3 Å². The van der Waals surface area contributed by atoms with Gasteiger partial charge in [0.15, 0.2) is 0 Å². The zero-order valence-corrected chi connectivity index (χ0v) is 32.5. The van der Waals surface area contributed by atoms with Crippen molar-refractivity contribution in [3.05, 3.63) is 64.2 Å². The van der Waals surface area contributed by atoms with E-state index in [2.05, 4.69) is 59.7 Å². The standard InChI is InChI=1S/C42H67ClO6/c1-8-15-25-45-31-36-38(47-26-16-9-2)39(48-27-17-10-3)40(49-28-18-11-4)42(44,41(36,12-5)13-6)34-21-24-37(43)33(30-34)29-32-19-22-35(23-20-32)46-14-7/h19-24,30,36,38-40,44H,8-18,25-29,31H2,1-7H3/t36-,38-,39+,40-,42-/m1/s1. The summed E-state index contributed by atoms with van der Waals surface area (Å²) in [5.74, 6) is 0.728. The molecule has 2 aromatic carbocycles. The summed E-state index contributed by atoms with van der Waals surface area (Å²) < 4.78 is 32.8. The molecule has 0 radical (unpaired) electrons. The van der Waals surface area contributed by atoms with Gasteiger partial charge < -0.3 is 28.8 Å². The molecule has 1 saturated carbocycles. The highest BCUT2D eigenvalue weighted by molar-refractivity contribution is 6.31. The molecule has 7 heteroatoms. The molecular weight excluding hydrogens is 636 g/mol. The highest BCUT2D eigenvalue weighted by Gasteiger charge is 2.67. The number of unbranched alkanes of at least 4 members (excludes halogenated alkanes) is 4. The van der Waals surface area contributed by atoms with Crippen molar-refractivity contribution < 1.29 is 28.8 Å². The smallest absolute Gasteiger partial charge is 0.124 e. The van der Waals surface area contributed by atoms with Crippen LogP contribution in [0, 0.1) is 11.3 Å². The van der Waals surface area contributed by atoms with E-state index in [4.69, 9.17) is 35.3 Å². The van der Waals surface area contributed by atoms with Gasteiger partial charge in [0.1, 0.15) is 23.6 Å². The number of ether oxygens (including phenoxy) is 5. The van der Waals surface area contributed by atoms with Gasteiger partial charge >= 0.3 is 0 Å². The van der Waals surface area contributed by atoms with Crippen molar-refractivity contribution in [2.75, 3.05) is 39.6 Å². The third-order valence-corrected chi connectivity index (χ3v) is 11.0. The van der Waals surface area contributed by atoms with Crippen LogP contribution in [0.25, 0.3) is 0 Å². The highest BCUT2D eigenvalue weighted by Crippen LogP contribution is 2.60. The first-order valence-electron chi connectivity index (χ1n) is 19.5. The number of hydrogen-bond donors (Lipinski definition) is 1. The Balaban J connectivity index is 2.24. The van der Waals surface area contributed by atoms with Crippen LogP contribution in [0.1, 0.15) is 129 Å². The van der Waals surface area contributed by atoms with E-state index in [1.165, 1.54) is 0 Å². The molecule has 1 aliphatic rings. The van der Waals surface area contributed by atoms with Crippen molar-refractivity contribution >= 4 is 11.6 Å². The second-order valence-electron chi connectivity index (χ2n) is 13.7. The van der Waals surface area contributed by atoms with Gasteiger partial charge in [-0.15, -0.1) is 0 Å². The van der Waals surface area contributed by atoms with Crippen molar-refractivity contribution in [3.63, 3.8) is 0 Å². The Kier molecular flexibility index (Phi) is 18.4. The van der Waals surface area contributed by atoms with Crippen molar-refractivity contribution in [2.45, 2.75) is 143 Å². The monoisotopic (exact) mass is 702 g/mol. The fraction of sp³-hybridized carbons (Fsp3) is 0.714. The predicted molar refractivity (Wildman–Crippen MR) is 202 cm³/mol. The predicted octanol–water partition coefficient (Wildman–Crippen LogP) is 10.3. The van der Waals surface area contributed by atoms with Gasteiger partial charge in [-0.1, -0.05) is 103 Å². The molecule has 0 amide bonds. The van der Waals surface area contributed by atoms with Crippen LogP contribution in [-0.4, -0.2) is 63.1 Å². The third-order valence-electron chi connectivity index (χ3n) is 10.6. The molecule has 49 heavy (non-hydrogen) atoms. The van der Waals surface area contributed by atoms with E-state index in [9.17, 15) is 5.11 Å². The minimum Gasteiger partial charge on any atom is -0.494 e. The molecule has 3 rings (SSSR count). The van der Waals surface area contributed by atoms with Crippen molar-refractivity contribution in [1.29, 1.82) is 0 Å². The van der Waals surface area contributed by atoms with E-state index < -0.39 is 23.2 Å². The minimum absolute atomic E-state index is 0.121. The molecule has 1 aliphatic carbocycles. The maximum Gasteiger partial charge on any atom is 0.124 e. The fourth-order valence-electron chi connectivity index (χ4n) is 7.72. The summed E-state index contributed by atoms with van der Waals surface area (Å²) in [5.41, 5.74) is 0.881. The molecule has 0 heterocycles. The van der Waals surface area contributed by atoms with Gasteiger partial charge in [-0.2, -0.15) is 0 Å². The normalized spacial score (nSPS) is 23.5. The van der Waals surface area contributed by atoms with Crippen LogP contribution in [0.5, 0.6) is 5.75 Å². The number of hydrogen-bond acceptors (Lipinski definition) is 6. The largest absolute Gasteiger partial charge is 0.494 e. The molecule has 5 atom stereocenters. The van der Waals surface area contributed by atoms with Crippen LogP contribution in [0.4, 0.5) is 0 Å². The molecule has 2 aromatic rings. The Labute approximate surface area is 303 Å². The molecule has 1 fully saturated rings. The zero-order valence-electron chi connectivity index (χ0n) is 31.7. The van der Waals surface area contributed by atoms with Gasteiger partial charge in [-0.05, 0) is 86.8 Å². The molecule has 0 spiro atoms. The minimum atomic E-state index is -1.40. The Hall–Kier alpha value is -1.67. The van der Waals surface area contributed by atoms with Crippen molar-refractivity contribution in [1.82, 2.24) is 0 Å². The molecular formula is C42H67ClO6. The Morgan fingerprint density at radius 1 is 0.694 bits per heavy atom. The molecule has 278 valence electrons. The van der Waals surface area contributed by atoms with Gasteiger partial charge in [0.05, 0.1) is 19.3 Å². The van der Waals surface area contributed by atoms with Crippen LogP contribution in [0.2, 0.25) is 5.02 Å². The maximum absolute atomic E-state index is 13.8. The summed E-state index contributed by atoms with van der Waals surface area (Å²) in [6.07, 6.45) is 8.58. The maximum atomic E-state index is 13.8. The van der Waals surface area contributed by atoms with Crippen LogP contribution in [0.3, 0.4) is 0 Å². The van der Waals surface area contributed by atoms with Gasteiger partial charge in [0.25, 0.3) is 0 Å². The zero-order chi connectivity index (χ0) is 35.7.